The number of nitrogens with one attached hydrogen (secondary N) is 1. The van der Waals surface area contributed by atoms with E-state index < -0.39 is 0 Å². The molecule has 1 aromatic rings. The van der Waals surface area contributed by atoms with Crippen LogP contribution in [0.4, 0.5) is 0 Å². The van der Waals surface area contributed by atoms with Crippen LogP contribution in [0.3, 0.4) is 0 Å². The van der Waals surface area contributed by atoms with Crippen molar-refractivity contribution in [1.82, 2.24) is 5.32 Å². The fourth-order valence-electron chi connectivity index (χ4n) is 3.00. The van der Waals surface area contributed by atoms with E-state index in [4.69, 9.17) is 4.74 Å². The van der Waals surface area contributed by atoms with Gasteiger partial charge in [0.05, 0.1) is 6.61 Å². The van der Waals surface area contributed by atoms with Crippen LogP contribution in [0.2, 0.25) is 0 Å². The van der Waals surface area contributed by atoms with Crippen molar-refractivity contribution in [3.05, 3.63) is 29.3 Å². The Balaban J connectivity index is 1.64. The molecular weight excluding hydrogens is 238 g/mol. The smallest absolute Gasteiger partial charge is 0.251 e. The molecule has 1 aliphatic heterocycles. The van der Waals surface area contributed by atoms with E-state index in [1.807, 2.05) is 18.2 Å². The highest BCUT2D eigenvalue weighted by atomic mass is 16.5. The number of benzene rings is 1. The van der Waals surface area contributed by atoms with Crippen molar-refractivity contribution in [3.8, 4) is 5.75 Å². The fourth-order valence-corrected chi connectivity index (χ4v) is 3.00. The summed E-state index contributed by atoms with van der Waals surface area (Å²) in [4.78, 5) is 12.2. The lowest BCUT2D eigenvalue weighted by Crippen LogP contribution is -2.37. The van der Waals surface area contributed by atoms with Gasteiger partial charge in [-0.3, -0.25) is 4.79 Å². The van der Waals surface area contributed by atoms with Crippen LogP contribution in [0.15, 0.2) is 18.2 Å². The summed E-state index contributed by atoms with van der Waals surface area (Å²) >= 11 is 0. The number of ether oxygens (including phenoxy) is 1. The molecule has 19 heavy (non-hydrogen) atoms. The molecule has 0 atom stereocenters. The molecule has 1 N–H and O–H groups in total. The Morgan fingerprint density at radius 3 is 2.84 bits per heavy atom. The molecule has 3 heteroatoms. The zero-order valence-electron chi connectivity index (χ0n) is 11.4. The van der Waals surface area contributed by atoms with Crippen molar-refractivity contribution in [3.63, 3.8) is 0 Å². The highest BCUT2D eigenvalue weighted by molar-refractivity contribution is 5.94. The quantitative estimate of drug-likeness (QED) is 0.886. The maximum absolute atomic E-state index is 12.2. The monoisotopic (exact) mass is 259 g/mol. The van der Waals surface area contributed by atoms with Gasteiger partial charge in [0.15, 0.2) is 0 Å². The van der Waals surface area contributed by atoms with E-state index in [0.29, 0.717) is 6.04 Å². The Bertz CT molecular complexity index is 476. The van der Waals surface area contributed by atoms with Crippen LogP contribution in [0.5, 0.6) is 5.75 Å². The molecule has 1 fully saturated rings. The zero-order valence-corrected chi connectivity index (χ0v) is 11.4. The third-order valence-corrected chi connectivity index (χ3v) is 4.30. The van der Waals surface area contributed by atoms with Gasteiger partial charge in [0.2, 0.25) is 0 Å². The number of amides is 1. The number of hydrogen-bond donors (Lipinski definition) is 1. The van der Waals surface area contributed by atoms with Crippen molar-refractivity contribution in [1.29, 1.82) is 0 Å². The molecule has 0 aromatic heterocycles. The van der Waals surface area contributed by atoms with Crippen LogP contribution in [0.25, 0.3) is 0 Å². The van der Waals surface area contributed by atoms with E-state index in [1.54, 1.807) is 0 Å². The van der Waals surface area contributed by atoms with E-state index in [9.17, 15) is 4.79 Å². The third-order valence-electron chi connectivity index (χ3n) is 4.30. The van der Waals surface area contributed by atoms with Crippen LogP contribution in [0, 0.1) is 5.92 Å². The lowest BCUT2D eigenvalue weighted by molar-refractivity contribution is 0.0923. The zero-order chi connectivity index (χ0) is 13.2. The Kier molecular flexibility index (Phi) is 3.45. The summed E-state index contributed by atoms with van der Waals surface area (Å²) in [5.41, 5.74) is 1.92. The first-order chi connectivity index (χ1) is 9.22. The first-order valence-electron chi connectivity index (χ1n) is 7.29. The van der Waals surface area contributed by atoms with E-state index in [-0.39, 0.29) is 5.91 Å². The molecular formula is C16H21NO2. The van der Waals surface area contributed by atoms with E-state index in [1.165, 1.54) is 12.8 Å². The van der Waals surface area contributed by atoms with Gasteiger partial charge in [-0.25, -0.2) is 0 Å². The SMILES string of the molecule is CC1CCC(NC(=O)c2ccc3c(c2)CCO3)CC1. The molecule has 1 heterocycles. The highest BCUT2D eigenvalue weighted by Crippen LogP contribution is 2.27. The second-order valence-electron chi connectivity index (χ2n) is 5.85. The third kappa shape index (κ3) is 2.75. The predicted molar refractivity (Wildman–Crippen MR) is 74.5 cm³/mol. The van der Waals surface area contributed by atoms with Gasteiger partial charge in [0.1, 0.15) is 5.75 Å². The molecule has 1 aliphatic carbocycles. The molecule has 0 bridgehead atoms. The summed E-state index contributed by atoms with van der Waals surface area (Å²) in [6.07, 6.45) is 5.59. The largest absolute Gasteiger partial charge is 0.493 e. The van der Waals surface area contributed by atoms with Crippen molar-refractivity contribution in [2.45, 2.75) is 45.1 Å². The maximum atomic E-state index is 12.2. The van der Waals surface area contributed by atoms with Crippen LogP contribution >= 0.6 is 0 Å². The van der Waals surface area contributed by atoms with Gasteiger partial charge >= 0.3 is 0 Å². The Hall–Kier alpha value is -1.51. The van der Waals surface area contributed by atoms with Crippen molar-refractivity contribution >= 4 is 5.91 Å². The summed E-state index contributed by atoms with van der Waals surface area (Å²) in [5.74, 6) is 1.81. The standard InChI is InChI=1S/C16H21NO2/c1-11-2-5-14(6-3-11)17-16(18)13-4-7-15-12(10-13)8-9-19-15/h4,7,10-11,14H,2-3,5-6,8-9H2,1H3,(H,17,18). The lowest BCUT2D eigenvalue weighted by atomic mass is 9.87. The minimum atomic E-state index is 0.0641. The second-order valence-corrected chi connectivity index (χ2v) is 5.85. The van der Waals surface area contributed by atoms with Gasteiger partial charge in [0, 0.05) is 18.0 Å². The lowest BCUT2D eigenvalue weighted by Gasteiger charge is -2.26. The molecule has 1 saturated carbocycles. The Morgan fingerprint density at radius 1 is 1.26 bits per heavy atom. The molecule has 0 saturated heterocycles. The highest BCUT2D eigenvalue weighted by Gasteiger charge is 2.21. The number of hydrogen-bond acceptors (Lipinski definition) is 2. The van der Waals surface area contributed by atoms with E-state index >= 15 is 0 Å². The van der Waals surface area contributed by atoms with Crippen LogP contribution in [0.1, 0.15) is 48.5 Å². The summed E-state index contributed by atoms with van der Waals surface area (Å²) in [6.45, 7) is 3.03. The molecule has 1 amide bonds. The number of carbonyl (C=O) groups is 1. The first kappa shape index (κ1) is 12.5. The average Bonchev–Trinajstić information content (AvgIpc) is 2.88. The molecule has 1 aromatic carbocycles. The normalized spacial score (nSPS) is 25.5. The minimum absolute atomic E-state index is 0.0641. The second kappa shape index (κ2) is 5.24. The summed E-state index contributed by atoms with van der Waals surface area (Å²) < 4.78 is 5.46. The molecule has 3 nitrogen and oxygen atoms in total. The molecule has 2 aliphatic rings. The topological polar surface area (TPSA) is 38.3 Å². The summed E-state index contributed by atoms with van der Waals surface area (Å²) in [7, 11) is 0. The predicted octanol–water partition coefficient (Wildman–Crippen LogP) is 2.93. The van der Waals surface area contributed by atoms with Gasteiger partial charge in [0.25, 0.3) is 5.91 Å². The summed E-state index contributed by atoms with van der Waals surface area (Å²) in [6, 6.07) is 6.11. The van der Waals surface area contributed by atoms with Crippen molar-refractivity contribution in [2.75, 3.05) is 6.61 Å². The average molecular weight is 259 g/mol. The van der Waals surface area contributed by atoms with Crippen molar-refractivity contribution < 1.29 is 9.53 Å². The van der Waals surface area contributed by atoms with Crippen LogP contribution < -0.4 is 10.1 Å². The molecule has 0 unspecified atom stereocenters. The number of carbonyl (C=O) groups excluding carboxylic acids is 1. The first-order valence-corrected chi connectivity index (χ1v) is 7.29. The van der Waals surface area contributed by atoms with Crippen LogP contribution in [-0.4, -0.2) is 18.6 Å². The van der Waals surface area contributed by atoms with Gasteiger partial charge < -0.3 is 10.1 Å². The molecule has 3 rings (SSSR count). The van der Waals surface area contributed by atoms with E-state index in [0.717, 1.165) is 48.7 Å². The van der Waals surface area contributed by atoms with Crippen LogP contribution in [-0.2, 0) is 6.42 Å². The van der Waals surface area contributed by atoms with Gasteiger partial charge in [-0.2, -0.15) is 0 Å². The number of rotatable bonds is 2. The molecule has 0 radical (unpaired) electrons. The minimum Gasteiger partial charge on any atom is -0.493 e. The van der Waals surface area contributed by atoms with Gasteiger partial charge in [-0.05, 0) is 55.4 Å². The maximum Gasteiger partial charge on any atom is 0.251 e. The molecule has 0 spiro atoms. The number of fused-ring (bicyclic) bond motifs is 1. The molecule has 102 valence electrons. The Labute approximate surface area is 114 Å². The summed E-state index contributed by atoms with van der Waals surface area (Å²) in [5, 5.41) is 3.17. The fraction of sp³-hybridized carbons (Fsp3) is 0.562. The van der Waals surface area contributed by atoms with Gasteiger partial charge in [-0.1, -0.05) is 6.92 Å². The Morgan fingerprint density at radius 2 is 2.05 bits per heavy atom. The van der Waals surface area contributed by atoms with E-state index in [2.05, 4.69) is 12.2 Å². The van der Waals surface area contributed by atoms with Crippen molar-refractivity contribution in [2.24, 2.45) is 5.92 Å². The van der Waals surface area contributed by atoms with Gasteiger partial charge in [-0.15, -0.1) is 0 Å².